The Hall–Kier alpha value is -5.06. The second-order valence-electron chi connectivity index (χ2n) is 13.8. The molecule has 0 fully saturated rings. The molecule has 8 nitrogen and oxygen atoms in total. The Morgan fingerprint density at radius 3 is 1.38 bits per heavy atom. The van der Waals surface area contributed by atoms with Gasteiger partial charge in [0.05, 0.1) is 42.8 Å². The van der Waals surface area contributed by atoms with Gasteiger partial charge in [-0.25, -0.2) is 9.59 Å². The lowest BCUT2D eigenvalue weighted by Gasteiger charge is -2.34. The molecular weight excluding hydrogens is 885 g/mol. The van der Waals surface area contributed by atoms with Crippen molar-refractivity contribution in [3.63, 3.8) is 0 Å². The first-order valence-corrected chi connectivity index (χ1v) is 21.0. The van der Waals surface area contributed by atoms with E-state index in [0.29, 0.717) is 77.8 Å². The van der Waals surface area contributed by atoms with Crippen LogP contribution in [0.3, 0.4) is 0 Å². The number of allylic oxidation sites excluding steroid dienone is 1. The monoisotopic (exact) mass is 918 g/mol. The second kappa shape index (κ2) is 18.3. The zero-order valence-electron chi connectivity index (χ0n) is 31.9. The zero-order valence-corrected chi connectivity index (χ0v) is 36.5. The highest BCUT2D eigenvalue weighted by molar-refractivity contribution is 6.41. The normalized spacial score (nSPS) is 13.1. The topological polar surface area (TPSA) is 105 Å². The summed E-state index contributed by atoms with van der Waals surface area (Å²) in [6.07, 6.45) is 3.66. The number of carbonyl (C=O) groups excluding carboxylic acids is 2. The maximum absolute atomic E-state index is 12.9. The number of hydrogen-bond donors (Lipinski definition) is 4. The number of fused-ring (bicyclic) bond motifs is 2. The lowest BCUT2D eigenvalue weighted by molar-refractivity contribution is 0.246. The fourth-order valence-corrected chi connectivity index (χ4v) is 9.22. The average Bonchev–Trinajstić information content (AvgIpc) is 3.21. The van der Waals surface area contributed by atoms with E-state index in [1.807, 2.05) is 49.4 Å². The van der Waals surface area contributed by atoms with E-state index in [9.17, 15) is 19.8 Å². The molecule has 0 atom stereocenters. The number of para-hydroxylation sites is 2. The molecule has 0 aromatic heterocycles. The molecule has 0 saturated heterocycles. The Kier molecular flexibility index (Phi) is 13.1. The highest BCUT2D eigenvalue weighted by Gasteiger charge is 2.35. The molecule has 6 aromatic rings. The smallest absolute Gasteiger partial charge is 0.326 e. The van der Waals surface area contributed by atoms with Gasteiger partial charge >= 0.3 is 12.1 Å². The van der Waals surface area contributed by atoms with Gasteiger partial charge in [-0.2, -0.15) is 0 Å². The minimum atomic E-state index is -0.390. The summed E-state index contributed by atoms with van der Waals surface area (Å²) in [6.45, 7) is 6.41. The first-order valence-electron chi connectivity index (χ1n) is 18.8. The van der Waals surface area contributed by atoms with Gasteiger partial charge < -0.3 is 20.8 Å². The summed E-state index contributed by atoms with van der Waals surface area (Å²) in [5, 5.41) is 30.1. The van der Waals surface area contributed by atoms with E-state index >= 15 is 0 Å². The van der Waals surface area contributed by atoms with Crippen molar-refractivity contribution in [2.45, 2.75) is 39.3 Å². The number of phenolic OH excluding ortho intramolecular Hbond substituents is 2. The zero-order chi connectivity index (χ0) is 42.8. The summed E-state index contributed by atoms with van der Waals surface area (Å²) in [5.41, 5.74) is 7.99. The minimum absolute atomic E-state index is 0.0337. The molecule has 6 aromatic carbocycles. The third kappa shape index (κ3) is 8.08. The molecule has 2 heterocycles. The number of halogens is 6. The molecule has 14 heteroatoms. The number of hydrogen-bond acceptors (Lipinski definition) is 4. The average molecular weight is 922 g/mol. The highest BCUT2D eigenvalue weighted by Crippen LogP contribution is 2.50. The van der Waals surface area contributed by atoms with Crippen molar-refractivity contribution in [3.8, 4) is 33.8 Å². The number of nitrogens with zero attached hydrogens (tertiary/aromatic N) is 2. The van der Waals surface area contributed by atoms with Gasteiger partial charge in [-0.3, -0.25) is 9.80 Å². The largest absolute Gasteiger partial charge is 0.508 e. The van der Waals surface area contributed by atoms with Crippen molar-refractivity contribution in [3.05, 3.63) is 162 Å². The van der Waals surface area contributed by atoms with Crippen LogP contribution >= 0.6 is 69.6 Å². The van der Waals surface area contributed by atoms with Gasteiger partial charge in [0.25, 0.3) is 0 Å². The summed E-state index contributed by atoms with van der Waals surface area (Å²) >= 11 is 38.6. The van der Waals surface area contributed by atoms with Gasteiger partial charge in [0, 0.05) is 68.6 Å². The Bertz CT molecular complexity index is 2650. The summed E-state index contributed by atoms with van der Waals surface area (Å²) in [4.78, 5) is 28.6. The SMILES string of the molecule is C=CCc1c(O)cc2c(c1-c1ccccc1Cl)CNC(=O)N2c1c(Cl)cccc1Cl.CCCc1c(O)cc2c(c1-c1ccccc1Cl)CNC(=O)N2c1c(Cl)cccc1Cl. The van der Waals surface area contributed by atoms with Crippen LogP contribution in [0.25, 0.3) is 22.3 Å². The standard InChI is InChI=1S/C23H19Cl3N2O2.C23H17Cl3N2O2/c2*1-2-6-14-20(29)11-19-15(21(14)13-7-3-4-8-16(13)24)12-27-23(30)28(19)22-17(25)9-5-10-18(22)26/h3-5,7-11,29H,2,6,12H2,1H3,(H,27,30);2-5,7-11,29H,1,6,12H2,(H,27,30). The van der Waals surface area contributed by atoms with Crippen LogP contribution in [0.4, 0.5) is 32.3 Å². The molecule has 0 radical (unpaired) electrons. The third-order valence-corrected chi connectivity index (χ3v) is 12.0. The van der Waals surface area contributed by atoms with Gasteiger partial charge in [0.1, 0.15) is 11.5 Å². The van der Waals surface area contributed by atoms with E-state index in [-0.39, 0.29) is 24.1 Å². The van der Waals surface area contributed by atoms with Crippen molar-refractivity contribution >= 4 is 104 Å². The van der Waals surface area contributed by atoms with Crippen LogP contribution < -0.4 is 20.4 Å². The molecule has 2 aliphatic heterocycles. The molecular formula is C46H36Cl6N4O4. The number of urea groups is 2. The molecule has 4 amide bonds. The molecule has 2 aliphatic rings. The lowest BCUT2D eigenvalue weighted by atomic mass is 9.88. The molecule has 0 saturated carbocycles. The van der Waals surface area contributed by atoms with Crippen LogP contribution in [-0.4, -0.2) is 22.3 Å². The predicted molar refractivity (Wildman–Crippen MR) is 247 cm³/mol. The molecule has 0 spiro atoms. The fourth-order valence-electron chi connectivity index (χ4n) is 7.63. The molecule has 0 unspecified atom stereocenters. The van der Waals surface area contributed by atoms with Crippen LogP contribution in [0.15, 0.2) is 110 Å². The molecule has 4 N–H and O–H groups in total. The van der Waals surface area contributed by atoms with Crippen molar-refractivity contribution in [2.24, 2.45) is 0 Å². The molecule has 60 heavy (non-hydrogen) atoms. The van der Waals surface area contributed by atoms with E-state index in [4.69, 9.17) is 69.6 Å². The molecule has 0 bridgehead atoms. The fraction of sp³-hybridized carbons (Fsp3) is 0.130. The number of benzene rings is 6. The van der Waals surface area contributed by atoms with Gasteiger partial charge in [-0.05, 0) is 60.4 Å². The minimum Gasteiger partial charge on any atom is -0.508 e. The Labute approximate surface area is 377 Å². The van der Waals surface area contributed by atoms with Gasteiger partial charge in [0.2, 0.25) is 0 Å². The predicted octanol–water partition coefficient (Wildman–Crippen LogP) is 14.4. The van der Waals surface area contributed by atoms with Gasteiger partial charge in [-0.15, -0.1) is 6.58 Å². The Morgan fingerprint density at radius 1 is 0.600 bits per heavy atom. The first-order chi connectivity index (χ1) is 28.9. The maximum Gasteiger partial charge on any atom is 0.326 e. The summed E-state index contributed by atoms with van der Waals surface area (Å²) < 4.78 is 0. The van der Waals surface area contributed by atoms with E-state index in [0.717, 1.165) is 45.4 Å². The van der Waals surface area contributed by atoms with Crippen LogP contribution in [0, 0.1) is 0 Å². The second-order valence-corrected chi connectivity index (χ2v) is 16.3. The van der Waals surface area contributed by atoms with E-state index < -0.39 is 6.03 Å². The van der Waals surface area contributed by atoms with Gasteiger partial charge in [0.15, 0.2) is 0 Å². The number of carbonyl (C=O) groups is 2. The van der Waals surface area contributed by atoms with Crippen molar-refractivity contribution < 1.29 is 19.8 Å². The summed E-state index contributed by atoms with van der Waals surface area (Å²) in [7, 11) is 0. The van der Waals surface area contributed by atoms with E-state index in [1.54, 1.807) is 60.7 Å². The van der Waals surface area contributed by atoms with E-state index in [1.165, 1.54) is 9.80 Å². The number of rotatable bonds is 8. The van der Waals surface area contributed by atoms with Crippen LogP contribution in [-0.2, 0) is 25.9 Å². The number of anilines is 4. The lowest BCUT2D eigenvalue weighted by Crippen LogP contribution is -2.41. The van der Waals surface area contributed by atoms with Crippen LogP contribution in [0.5, 0.6) is 11.5 Å². The first kappa shape index (κ1) is 43.0. The number of amides is 4. The van der Waals surface area contributed by atoms with E-state index in [2.05, 4.69) is 17.2 Å². The third-order valence-electron chi connectivity index (χ3n) is 10.2. The number of phenols is 2. The number of nitrogens with one attached hydrogen (secondary N) is 2. The van der Waals surface area contributed by atoms with Crippen LogP contribution in [0.2, 0.25) is 30.1 Å². The summed E-state index contributed by atoms with van der Waals surface area (Å²) in [6, 6.07) is 27.4. The van der Waals surface area contributed by atoms with Crippen molar-refractivity contribution in [1.82, 2.24) is 10.6 Å². The van der Waals surface area contributed by atoms with Crippen molar-refractivity contribution in [1.29, 1.82) is 0 Å². The molecule has 0 aliphatic carbocycles. The quantitative estimate of drug-likeness (QED) is 0.114. The molecule has 8 rings (SSSR count). The highest BCUT2D eigenvalue weighted by atomic mass is 35.5. The Balaban J connectivity index is 0.000000181. The maximum atomic E-state index is 12.9. The summed E-state index contributed by atoms with van der Waals surface area (Å²) in [5.74, 6) is 0.139. The van der Waals surface area contributed by atoms with Crippen molar-refractivity contribution in [2.75, 3.05) is 9.80 Å². The Morgan fingerprint density at radius 2 is 0.983 bits per heavy atom. The number of aromatic hydroxyl groups is 2. The van der Waals surface area contributed by atoms with Gasteiger partial charge in [-0.1, -0.05) is 138 Å². The van der Waals surface area contributed by atoms with Crippen LogP contribution in [0.1, 0.15) is 35.6 Å². The molecule has 306 valence electrons.